The van der Waals surface area contributed by atoms with Crippen LogP contribution >= 0.6 is 24.8 Å². The number of aromatic nitrogens is 1. The summed E-state index contributed by atoms with van der Waals surface area (Å²) >= 11 is 0. The molecule has 0 aliphatic carbocycles. The fourth-order valence-corrected chi connectivity index (χ4v) is 2.51. The molecule has 2 N–H and O–H groups in total. The molecule has 0 bridgehead atoms. The highest BCUT2D eigenvalue weighted by molar-refractivity contribution is 5.92. The van der Waals surface area contributed by atoms with Crippen molar-refractivity contribution in [1.82, 2.24) is 10.3 Å². The highest BCUT2D eigenvalue weighted by Gasteiger charge is 2.20. The number of nitrogens with zero attached hydrogens (tertiary/aromatic N) is 2. The van der Waals surface area contributed by atoms with Crippen LogP contribution in [0.1, 0.15) is 26.7 Å². The average Bonchev–Trinajstić information content (AvgIpc) is 2.51. The van der Waals surface area contributed by atoms with E-state index in [1.807, 2.05) is 12.1 Å². The molecule has 7 heteroatoms. The molecule has 126 valence electrons. The fraction of sp³-hybridized carbons (Fsp3) is 0.600. The third-order valence-corrected chi connectivity index (χ3v) is 3.77. The smallest absolute Gasteiger partial charge is 0.228 e. The first-order valence-corrected chi connectivity index (χ1v) is 7.47. The van der Waals surface area contributed by atoms with Gasteiger partial charge in [0.05, 0.1) is 17.8 Å². The minimum Gasteiger partial charge on any atom is -0.357 e. The largest absolute Gasteiger partial charge is 0.357 e. The third-order valence-electron chi connectivity index (χ3n) is 3.77. The van der Waals surface area contributed by atoms with Gasteiger partial charge in [0.15, 0.2) is 0 Å². The van der Waals surface area contributed by atoms with Gasteiger partial charge in [-0.2, -0.15) is 0 Å². The van der Waals surface area contributed by atoms with Crippen LogP contribution < -0.4 is 15.5 Å². The van der Waals surface area contributed by atoms with E-state index in [1.165, 1.54) is 0 Å². The van der Waals surface area contributed by atoms with E-state index in [0.717, 1.165) is 50.5 Å². The molecule has 0 spiro atoms. The quantitative estimate of drug-likeness (QED) is 0.858. The van der Waals surface area contributed by atoms with Crippen molar-refractivity contribution in [1.29, 1.82) is 0 Å². The summed E-state index contributed by atoms with van der Waals surface area (Å²) in [4.78, 5) is 18.7. The zero-order chi connectivity index (χ0) is 14.4. The number of halogens is 2. The van der Waals surface area contributed by atoms with Crippen LogP contribution in [0.3, 0.4) is 0 Å². The van der Waals surface area contributed by atoms with Crippen molar-refractivity contribution in [3.8, 4) is 0 Å². The first kappa shape index (κ1) is 21.0. The highest BCUT2D eigenvalue weighted by Crippen LogP contribution is 2.16. The average molecular weight is 349 g/mol. The van der Waals surface area contributed by atoms with E-state index in [-0.39, 0.29) is 36.6 Å². The van der Waals surface area contributed by atoms with E-state index in [9.17, 15) is 4.79 Å². The van der Waals surface area contributed by atoms with Crippen LogP contribution in [-0.2, 0) is 4.79 Å². The number of pyridine rings is 1. The van der Waals surface area contributed by atoms with E-state index in [2.05, 4.69) is 34.4 Å². The van der Waals surface area contributed by atoms with Gasteiger partial charge in [-0.1, -0.05) is 0 Å². The molecule has 0 unspecified atom stereocenters. The summed E-state index contributed by atoms with van der Waals surface area (Å²) in [7, 11) is 0. The second kappa shape index (κ2) is 10.6. The minimum absolute atomic E-state index is 0. The maximum absolute atomic E-state index is 12.1. The van der Waals surface area contributed by atoms with Crippen LogP contribution in [0.5, 0.6) is 0 Å². The van der Waals surface area contributed by atoms with Gasteiger partial charge in [0.2, 0.25) is 5.91 Å². The van der Waals surface area contributed by atoms with Gasteiger partial charge < -0.3 is 15.5 Å². The Morgan fingerprint density at radius 3 is 2.59 bits per heavy atom. The van der Waals surface area contributed by atoms with Crippen molar-refractivity contribution in [2.45, 2.75) is 26.7 Å². The normalized spacial score (nSPS) is 16.9. The molecule has 1 atom stereocenters. The number of anilines is 2. The molecule has 2 rings (SSSR count). The first-order valence-electron chi connectivity index (χ1n) is 7.47. The summed E-state index contributed by atoms with van der Waals surface area (Å²) in [6.07, 6.45) is 3.77. The number of carbonyl (C=O) groups excluding carboxylic acids is 1. The molecule has 1 aliphatic rings. The van der Waals surface area contributed by atoms with Crippen molar-refractivity contribution >= 4 is 42.2 Å². The number of nitrogens with one attached hydrogen (secondary N) is 2. The highest BCUT2D eigenvalue weighted by atomic mass is 35.5. The Kier molecular flexibility index (Phi) is 10.1. The van der Waals surface area contributed by atoms with Gasteiger partial charge in [-0.25, -0.2) is 4.98 Å². The monoisotopic (exact) mass is 348 g/mol. The molecule has 2 heterocycles. The number of hydrogen-bond acceptors (Lipinski definition) is 4. The lowest BCUT2D eigenvalue weighted by atomic mass is 9.99. The van der Waals surface area contributed by atoms with Gasteiger partial charge in [-0.05, 0) is 45.4 Å². The lowest BCUT2D eigenvalue weighted by molar-refractivity contribution is -0.120. The van der Waals surface area contributed by atoms with Crippen LogP contribution in [0, 0.1) is 5.92 Å². The van der Waals surface area contributed by atoms with Gasteiger partial charge in [-0.15, -0.1) is 24.8 Å². The van der Waals surface area contributed by atoms with Crippen molar-refractivity contribution in [2.24, 2.45) is 5.92 Å². The van der Waals surface area contributed by atoms with Gasteiger partial charge in [0.1, 0.15) is 5.82 Å². The lowest BCUT2D eigenvalue weighted by Crippen LogP contribution is -2.37. The Bertz CT molecular complexity index is 432. The van der Waals surface area contributed by atoms with Gasteiger partial charge >= 0.3 is 0 Å². The van der Waals surface area contributed by atoms with E-state index in [1.54, 1.807) is 6.20 Å². The predicted molar refractivity (Wildman–Crippen MR) is 96.5 cm³/mol. The Labute approximate surface area is 145 Å². The number of rotatable bonds is 5. The second-order valence-electron chi connectivity index (χ2n) is 5.11. The van der Waals surface area contributed by atoms with Gasteiger partial charge in [0.25, 0.3) is 0 Å². The lowest BCUT2D eigenvalue weighted by Gasteiger charge is -2.22. The first-order chi connectivity index (χ1) is 9.74. The Balaban J connectivity index is 0.00000220. The maximum Gasteiger partial charge on any atom is 0.228 e. The molecule has 0 saturated carbocycles. The molecule has 22 heavy (non-hydrogen) atoms. The summed E-state index contributed by atoms with van der Waals surface area (Å²) in [6.45, 7) is 7.88. The van der Waals surface area contributed by atoms with Crippen LogP contribution in [-0.4, -0.2) is 37.1 Å². The van der Waals surface area contributed by atoms with Crippen LogP contribution in [0.4, 0.5) is 11.5 Å². The molecule has 1 aliphatic heterocycles. The van der Waals surface area contributed by atoms with Crippen LogP contribution in [0.25, 0.3) is 0 Å². The molecular formula is C15H26Cl2N4O. The number of amides is 1. The summed E-state index contributed by atoms with van der Waals surface area (Å²) in [5, 5.41) is 6.21. The third kappa shape index (κ3) is 5.63. The zero-order valence-electron chi connectivity index (χ0n) is 13.2. The molecule has 1 saturated heterocycles. The summed E-state index contributed by atoms with van der Waals surface area (Å²) in [5.41, 5.74) is 0.775. The van der Waals surface area contributed by atoms with E-state index in [0.29, 0.717) is 0 Å². The Morgan fingerprint density at radius 1 is 1.36 bits per heavy atom. The number of piperidine rings is 1. The molecule has 1 aromatic heterocycles. The van der Waals surface area contributed by atoms with Crippen molar-refractivity contribution < 1.29 is 4.79 Å². The predicted octanol–water partition coefficient (Wildman–Crippen LogP) is 2.71. The Morgan fingerprint density at radius 2 is 2.09 bits per heavy atom. The number of carbonyl (C=O) groups is 1. The molecule has 1 amide bonds. The van der Waals surface area contributed by atoms with Gasteiger partial charge in [0, 0.05) is 19.6 Å². The molecule has 5 nitrogen and oxygen atoms in total. The Hall–Kier alpha value is -1.04. The molecule has 1 aromatic rings. The minimum atomic E-state index is 0. The topological polar surface area (TPSA) is 57.3 Å². The maximum atomic E-state index is 12.1. The SMILES string of the molecule is CCN(CC)c1ccc(NC(=O)[C@@H]2CCCNC2)cn1.Cl.Cl. The van der Waals surface area contributed by atoms with Crippen LogP contribution in [0.2, 0.25) is 0 Å². The van der Waals surface area contributed by atoms with E-state index < -0.39 is 0 Å². The molecule has 0 aromatic carbocycles. The number of hydrogen-bond donors (Lipinski definition) is 2. The van der Waals surface area contributed by atoms with Crippen LogP contribution in [0.15, 0.2) is 18.3 Å². The molecule has 0 radical (unpaired) electrons. The summed E-state index contributed by atoms with van der Waals surface area (Å²) in [5.74, 6) is 1.12. The summed E-state index contributed by atoms with van der Waals surface area (Å²) in [6, 6.07) is 3.89. The fourth-order valence-electron chi connectivity index (χ4n) is 2.51. The van der Waals surface area contributed by atoms with Gasteiger partial charge in [-0.3, -0.25) is 4.79 Å². The zero-order valence-corrected chi connectivity index (χ0v) is 14.8. The van der Waals surface area contributed by atoms with Crippen molar-refractivity contribution in [3.05, 3.63) is 18.3 Å². The van der Waals surface area contributed by atoms with Crippen molar-refractivity contribution in [2.75, 3.05) is 36.4 Å². The standard InChI is InChI=1S/C15H24N4O.2ClH/c1-3-19(4-2)14-8-7-13(11-17-14)18-15(20)12-6-5-9-16-10-12;;/h7-8,11-12,16H,3-6,9-10H2,1-2H3,(H,18,20);2*1H/t12-;;/m1../s1. The summed E-state index contributed by atoms with van der Waals surface area (Å²) < 4.78 is 0. The van der Waals surface area contributed by atoms with E-state index in [4.69, 9.17) is 0 Å². The van der Waals surface area contributed by atoms with E-state index >= 15 is 0 Å². The van der Waals surface area contributed by atoms with Crippen molar-refractivity contribution in [3.63, 3.8) is 0 Å². The second-order valence-corrected chi connectivity index (χ2v) is 5.11. The molecular weight excluding hydrogens is 323 g/mol. The molecule has 1 fully saturated rings.